The van der Waals surface area contributed by atoms with E-state index in [1.165, 1.54) is 38.1 Å². The summed E-state index contributed by atoms with van der Waals surface area (Å²) in [5.41, 5.74) is -0.351. The maximum absolute atomic E-state index is 12.4. The Balaban J connectivity index is 2.02. The lowest BCUT2D eigenvalue weighted by Gasteiger charge is -2.42. The predicted molar refractivity (Wildman–Crippen MR) is 97.5 cm³/mol. The topological polar surface area (TPSA) is 142 Å². The van der Waals surface area contributed by atoms with Gasteiger partial charge in [0, 0.05) is 12.6 Å². The maximum Gasteiger partial charge on any atom is 0.305 e. The van der Waals surface area contributed by atoms with Gasteiger partial charge in [-0.1, -0.05) is 0 Å². The van der Waals surface area contributed by atoms with Gasteiger partial charge in [-0.2, -0.15) is 4.72 Å². The third kappa shape index (κ3) is 5.51. The van der Waals surface area contributed by atoms with E-state index in [2.05, 4.69) is 15.4 Å². The lowest BCUT2D eigenvalue weighted by molar-refractivity contribution is -0.140. The number of aliphatic carboxylic acids is 1. The van der Waals surface area contributed by atoms with Gasteiger partial charge in [-0.3, -0.25) is 14.4 Å². The number of carboxylic acids is 1. The van der Waals surface area contributed by atoms with Crippen LogP contribution in [0.5, 0.6) is 0 Å². The zero-order chi connectivity index (χ0) is 20.2. The minimum absolute atomic E-state index is 0.0554. The first kappa shape index (κ1) is 20.8. The summed E-state index contributed by atoms with van der Waals surface area (Å²) in [6.45, 7) is 2.73. The predicted octanol–water partition coefficient (Wildman–Crippen LogP) is 0.825. The highest BCUT2D eigenvalue weighted by molar-refractivity contribution is 7.89. The molecule has 0 spiro atoms. The average Bonchev–Trinajstić information content (AvgIpc) is 2.51. The summed E-state index contributed by atoms with van der Waals surface area (Å²) in [5.74, 6) is -1.86. The Kier molecular flexibility index (Phi) is 6.22. The molecular weight excluding hydrogens is 374 g/mol. The highest BCUT2D eigenvalue weighted by Gasteiger charge is 2.41. The van der Waals surface area contributed by atoms with Gasteiger partial charge in [-0.05, 0) is 50.5 Å². The molecule has 0 bridgehead atoms. The van der Waals surface area contributed by atoms with Gasteiger partial charge in [-0.25, -0.2) is 8.42 Å². The molecule has 1 aliphatic rings. The zero-order valence-electron chi connectivity index (χ0n) is 15.1. The SMILES string of the molecule is CC(=O)Nc1ccc(S(=O)(=O)NC(C)C(=O)NC2(CC(=O)O)CCC2)cc1. The second-order valence-corrected chi connectivity index (χ2v) is 8.46. The van der Waals surface area contributed by atoms with E-state index < -0.39 is 33.5 Å². The second-order valence-electron chi connectivity index (χ2n) is 6.74. The number of carbonyl (C=O) groups excluding carboxylic acids is 2. The number of amides is 2. The zero-order valence-corrected chi connectivity index (χ0v) is 15.9. The Labute approximate surface area is 157 Å². The molecule has 10 heteroatoms. The molecule has 9 nitrogen and oxygen atoms in total. The van der Waals surface area contributed by atoms with Crippen LogP contribution in [0.15, 0.2) is 29.2 Å². The Bertz CT molecular complexity index is 831. The van der Waals surface area contributed by atoms with Crippen molar-refractivity contribution in [3.63, 3.8) is 0 Å². The quantitative estimate of drug-likeness (QED) is 0.512. The van der Waals surface area contributed by atoms with Crippen molar-refractivity contribution >= 4 is 33.5 Å². The first-order valence-corrected chi connectivity index (χ1v) is 9.95. The summed E-state index contributed by atoms with van der Waals surface area (Å²) in [6, 6.07) is 4.44. The fourth-order valence-corrected chi connectivity index (χ4v) is 4.09. The van der Waals surface area contributed by atoms with Gasteiger partial charge in [0.2, 0.25) is 21.8 Å². The number of rotatable bonds is 8. The summed E-state index contributed by atoms with van der Waals surface area (Å²) >= 11 is 0. The van der Waals surface area contributed by atoms with Crippen LogP contribution in [0.2, 0.25) is 0 Å². The van der Waals surface area contributed by atoms with Crippen molar-refractivity contribution in [1.82, 2.24) is 10.0 Å². The molecule has 27 heavy (non-hydrogen) atoms. The molecular formula is C17H23N3O6S. The van der Waals surface area contributed by atoms with Crippen molar-refractivity contribution in [2.24, 2.45) is 0 Å². The van der Waals surface area contributed by atoms with Crippen LogP contribution in [-0.4, -0.2) is 42.9 Å². The van der Waals surface area contributed by atoms with Crippen LogP contribution in [-0.2, 0) is 24.4 Å². The Morgan fingerprint density at radius 1 is 1.19 bits per heavy atom. The van der Waals surface area contributed by atoms with E-state index in [9.17, 15) is 22.8 Å². The lowest BCUT2D eigenvalue weighted by Crippen LogP contribution is -2.58. The molecule has 0 radical (unpaired) electrons. The van der Waals surface area contributed by atoms with Gasteiger partial charge in [0.15, 0.2) is 0 Å². The highest BCUT2D eigenvalue weighted by Crippen LogP contribution is 2.35. The lowest BCUT2D eigenvalue weighted by atomic mass is 9.74. The van der Waals surface area contributed by atoms with Gasteiger partial charge in [0.1, 0.15) is 0 Å². The van der Waals surface area contributed by atoms with Gasteiger partial charge < -0.3 is 15.7 Å². The number of carbonyl (C=O) groups is 3. The van der Waals surface area contributed by atoms with Crippen molar-refractivity contribution in [2.45, 2.75) is 56.0 Å². The molecule has 4 N–H and O–H groups in total. The Morgan fingerprint density at radius 2 is 1.78 bits per heavy atom. The summed E-state index contributed by atoms with van der Waals surface area (Å²) < 4.78 is 27.2. The van der Waals surface area contributed by atoms with E-state index >= 15 is 0 Å². The van der Waals surface area contributed by atoms with Crippen LogP contribution >= 0.6 is 0 Å². The number of hydrogen-bond donors (Lipinski definition) is 4. The highest BCUT2D eigenvalue weighted by atomic mass is 32.2. The number of carboxylic acid groups (broad SMARTS) is 1. The first-order valence-electron chi connectivity index (χ1n) is 8.47. The monoisotopic (exact) mass is 397 g/mol. The van der Waals surface area contributed by atoms with E-state index in [1.54, 1.807) is 0 Å². The standard InChI is InChI=1S/C17H23N3O6S/c1-11(16(24)19-17(8-3-9-17)10-15(22)23)20-27(25,26)14-6-4-13(5-7-14)18-12(2)21/h4-7,11,20H,3,8-10H2,1-2H3,(H,18,21)(H,19,24)(H,22,23). The van der Waals surface area contributed by atoms with Crippen LogP contribution in [0.25, 0.3) is 0 Å². The van der Waals surface area contributed by atoms with Crippen molar-refractivity contribution in [3.8, 4) is 0 Å². The van der Waals surface area contributed by atoms with Crippen LogP contribution in [0.1, 0.15) is 39.5 Å². The molecule has 0 aliphatic heterocycles. The summed E-state index contributed by atoms with van der Waals surface area (Å²) in [6.07, 6.45) is 1.72. The summed E-state index contributed by atoms with van der Waals surface area (Å²) in [7, 11) is -3.96. The normalized spacial score (nSPS) is 16.7. The van der Waals surface area contributed by atoms with E-state index in [-0.39, 0.29) is 17.2 Å². The molecule has 1 saturated carbocycles. The minimum atomic E-state index is -3.96. The molecule has 1 unspecified atom stereocenters. The Morgan fingerprint density at radius 3 is 2.22 bits per heavy atom. The molecule has 2 amide bonds. The number of anilines is 1. The van der Waals surface area contributed by atoms with E-state index in [0.29, 0.717) is 18.5 Å². The molecule has 0 heterocycles. The van der Waals surface area contributed by atoms with Gasteiger partial charge in [0.05, 0.1) is 22.9 Å². The van der Waals surface area contributed by atoms with Gasteiger partial charge in [-0.15, -0.1) is 0 Å². The molecule has 1 fully saturated rings. The van der Waals surface area contributed by atoms with E-state index in [4.69, 9.17) is 5.11 Å². The van der Waals surface area contributed by atoms with Crippen LogP contribution in [0.3, 0.4) is 0 Å². The van der Waals surface area contributed by atoms with E-state index in [1.807, 2.05) is 0 Å². The van der Waals surface area contributed by atoms with Crippen molar-refractivity contribution in [2.75, 3.05) is 5.32 Å². The maximum atomic E-state index is 12.4. The molecule has 1 aromatic rings. The summed E-state index contributed by atoms with van der Waals surface area (Å²) in [4.78, 5) is 34.3. The third-order valence-corrected chi connectivity index (χ3v) is 5.96. The molecule has 1 atom stereocenters. The molecule has 0 saturated heterocycles. The third-order valence-electron chi connectivity index (χ3n) is 4.40. The molecule has 2 rings (SSSR count). The van der Waals surface area contributed by atoms with Crippen LogP contribution in [0, 0.1) is 0 Å². The van der Waals surface area contributed by atoms with E-state index in [0.717, 1.165) is 6.42 Å². The first-order chi connectivity index (χ1) is 12.5. The molecule has 148 valence electrons. The minimum Gasteiger partial charge on any atom is -0.481 e. The average molecular weight is 397 g/mol. The number of benzene rings is 1. The molecule has 1 aliphatic carbocycles. The molecule has 1 aromatic carbocycles. The summed E-state index contributed by atoms with van der Waals surface area (Å²) in [5, 5.41) is 14.2. The van der Waals surface area contributed by atoms with Crippen molar-refractivity contribution < 1.29 is 27.9 Å². The number of hydrogen-bond acceptors (Lipinski definition) is 5. The van der Waals surface area contributed by atoms with Gasteiger partial charge >= 0.3 is 5.97 Å². The largest absolute Gasteiger partial charge is 0.481 e. The fraction of sp³-hybridized carbons (Fsp3) is 0.471. The van der Waals surface area contributed by atoms with Crippen molar-refractivity contribution in [1.29, 1.82) is 0 Å². The molecule has 0 aromatic heterocycles. The van der Waals surface area contributed by atoms with Crippen LogP contribution in [0.4, 0.5) is 5.69 Å². The van der Waals surface area contributed by atoms with Gasteiger partial charge in [0.25, 0.3) is 0 Å². The Hall–Kier alpha value is -2.46. The second kappa shape index (κ2) is 8.05. The van der Waals surface area contributed by atoms with Crippen molar-refractivity contribution in [3.05, 3.63) is 24.3 Å². The number of sulfonamides is 1. The smallest absolute Gasteiger partial charge is 0.305 e. The number of nitrogens with one attached hydrogen (secondary N) is 3. The van der Waals surface area contributed by atoms with Crippen LogP contribution < -0.4 is 15.4 Å². The fourth-order valence-electron chi connectivity index (χ4n) is 2.88.